The Morgan fingerprint density at radius 2 is 1.67 bits per heavy atom. The Balaban J connectivity index is 0.00000162. The lowest BCUT2D eigenvalue weighted by Crippen LogP contribution is -2.06. The zero-order valence-electron chi connectivity index (χ0n) is 9.95. The highest BCUT2D eigenvalue weighted by Gasteiger charge is 2.03. The van der Waals surface area contributed by atoms with E-state index in [-0.39, 0.29) is 18.4 Å². The third-order valence-corrected chi connectivity index (χ3v) is 2.48. The molecule has 0 aliphatic rings. The van der Waals surface area contributed by atoms with Crippen LogP contribution in [0, 0.1) is 0 Å². The molecule has 0 saturated heterocycles. The zero-order chi connectivity index (χ0) is 12.1. The van der Waals surface area contributed by atoms with Crippen LogP contribution in [0.1, 0.15) is 11.6 Å². The molecule has 1 atom stereocenters. The Labute approximate surface area is 114 Å². The van der Waals surface area contributed by atoms with Gasteiger partial charge >= 0.3 is 0 Å². The molecule has 2 aromatic carbocycles. The molecule has 0 saturated carbocycles. The first kappa shape index (κ1) is 14.3. The molecular formula is C15H16ClNO. The van der Waals surface area contributed by atoms with Crippen molar-refractivity contribution in [2.24, 2.45) is 5.73 Å². The Kier molecular flexibility index (Phi) is 5.43. The van der Waals surface area contributed by atoms with Crippen LogP contribution in [0.2, 0.25) is 0 Å². The number of para-hydroxylation sites is 1. The van der Waals surface area contributed by atoms with Crippen molar-refractivity contribution in [3.63, 3.8) is 0 Å². The van der Waals surface area contributed by atoms with Crippen LogP contribution in [0.5, 0.6) is 11.5 Å². The van der Waals surface area contributed by atoms with Gasteiger partial charge in [-0.2, -0.15) is 0 Å². The third kappa shape index (κ3) is 3.62. The molecule has 3 heteroatoms. The van der Waals surface area contributed by atoms with Crippen molar-refractivity contribution in [3.8, 4) is 11.5 Å². The first-order valence-electron chi connectivity index (χ1n) is 5.50. The number of benzene rings is 2. The molecule has 0 amide bonds. The molecule has 18 heavy (non-hydrogen) atoms. The van der Waals surface area contributed by atoms with Crippen molar-refractivity contribution in [2.45, 2.75) is 6.04 Å². The summed E-state index contributed by atoms with van der Waals surface area (Å²) in [5.41, 5.74) is 6.88. The van der Waals surface area contributed by atoms with E-state index in [1.54, 1.807) is 6.08 Å². The fourth-order valence-corrected chi connectivity index (χ4v) is 1.55. The summed E-state index contributed by atoms with van der Waals surface area (Å²) >= 11 is 0. The summed E-state index contributed by atoms with van der Waals surface area (Å²) < 4.78 is 5.72. The number of nitrogens with two attached hydrogens (primary N) is 1. The van der Waals surface area contributed by atoms with Gasteiger partial charge in [-0.15, -0.1) is 19.0 Å². The van der Waals surface area contributed by atoms with Crippen LogP contribution in [0.25, 0.3) is 0 Å². The summed E-state index contributed by atoms with van der Waals surface area (Å²) in [6, 6.07) is 17.2. The second kappa shape index (κ2) is 6.84. The molecule has 2 rings (SSSR count). The van der Waals surface area contributed by atoms with Gasteiger partial charge in [0.25, 0.3) is 0 Å². The monoisotopic (exact) mass is 261 g/mol. The normalized spacial score (nSPS) is 11.2. The van der Waals surface area contributed by atoms with Crippen molar-refractivity contribution in [1.82, 2.24) is 0 Å². The maximum Gasteiger partial charge on any atom is 0.127 e. The molecule has 0 spiro atoms. The van der Waals surface area contributed by atoms with Crippen molar-refractivity contribution in [1.29, 1.82) is 0 Å². The van der Waals surface area contributed by atoms with Gasteiger partial charge in [-0.1, -0.05) is 36.4 Å². The van der Waals surface area contributed by atoms with Crippen LogP contribution in [-0.2, 0) is 0 Å². The van der Waals surface area contributed by atoms with E-state index in [0.29, 0.717) is 0 Å². The zero-order valence-corrected chi connectivity index (χ0v) is 10.8. The van der Waals surface area contributed by atoms with E-state index >= 15 is 0 Å². The molecule has 94 valence electrons. The van der Waals surface area contributed by atoms with Gasteiger partial charge in [0.2, 0.25) is 0 Å². The maximum atomic E-state index is 5.88. The van der Waals surface area contributed by atoms with Gasteiger partial charge in [-0.3, -0.25) is 0 Å². The summed E-state index contributed by atoms with van der Waals surface area (Å²) in [4.78, 5) is 0. The second-order valence-electron chi connectivity index (χ2n) is 3.75. The number of halogens is 1. The highest BCUT2D eigenvalue weighted by atomic mass is 35.5. The van der Waals surface area contributed by atoms with Crippen LogP contribution < -0.4 is 10.5 Å². The Hall–Kier alpha value is -1.77. The van der Waals surface area contributed by atoms with E-state index in [2.05, 4.69) is 6.58 Å². The van der Waals surface area contributed by atoms with Gasteiger partial charge in [-0.25, -0.2) is 0 Å². The first-order valence-corrected chi connectivity index (χ1v) is 5.50. The lowest BCUT2D eigenvalue weighted by molar-refractivity contribution is 0.481. The molecule has 0 aliphatic carbocycles. The average Bonchev–Trinajstić information content (AvgIpc) is 2.39. The number of ether oxygens (including phenoxy) is 1. The van der Waals surface area contributed by atoms with Gasteiger partial charge in [-0.05, 0) is 29.8 Å². The minimum absolute atomic E-state index is 0. The Morgan fingerprint density at radius 1 is 1.00 bits per heavy atom. The van der Waals surface area contributed by atoms with E-state index in [4.69, 9.17) is 10.5 Å². The van der Waals surface area contributed by atoms with Crippen molar-refractivity contribution < 1.29 is 4.74 Å². The summed E-state index contributed by atoms with van der Waals surface area (Å²) in [6.45, 7) is 3.68. The summed E-state index contributed by atoms with van der Waals surface area (Å²) in [6.07, 6.45) is 1.71. The minimum atomic E-state index is -0.158. The molecule has 2 N–H and O–H groups in total. The van der Waals surface area contributed by atoms with Gasteiger partial charge in [0.15, 0.2) is 0 Å². The lowest BCUT2D eigenvalue weighted by Gasteiger charge is -2.10. The largest absolute Gasteiger partial charge is 0.457 e. The Bertz CT molecular complexity index is 499. The fraction of sp³-hybridized carbons (Fsp3) is 0.0667. The summed E-state index contributed by atoms with van der Waals surface area (Å²) in [7, 11) is 0. The predicted molar refractivity (Wildman–Crippen MR) is 77.3 cm³/mol. The molecule has 0 unspecified atom stereocenters. The quantitative estimate of drug-likeness (QED) is 0.842. The first-order chi connectivity index (χ1) is 8.29. The molecule has 0 radical (unpaired) electrons. The van der Waals surface area contributed by atoms with Crippen LogP contribution in [0.3, 0.4) is 0 Å². The van der Waals surface area contributed by atoms with Gasteiger partial charge < -0.3 is 10.5 Å². The Morgan fingerprint density at radius 3 is 2.33 bits per heavy atom. The molecule has 2 nitrogen and oxygen atoms in total. The fourth-order valence-electron chi connectivity index (χ4n) is 1.55. The summed E-state index contributed by atoms with van der Waals surface area (Å²) in [5, 5.41) is 0. The number of rotatable bonds is 4. The number of hydrogen-bond acceptors (Lipinski definition) is 2. The second-order valence-corrected chi connectivity index (χ2v) is 3.75. The van der Waals surface area contributed by atoms with Crippen molar-refractivity contribution >= 4 is 12.4 Å². The molecule has 0 heterocycles. The van der Waals surface area contributed by atoms with Gasteiger partial charge in [0, 0.05) is 6.04 Å². The standard InChI is InChI=1S/C15H15NO.ClH/c1-2-15(16)12-7-6-10-14(11-12)17-13-8-4-3-5-9-13;/h2-11,15H,1,16H2;1H/t15-;/m0./s1. The highest BCUT2D eigenvalue weighted by molar-refractivity contribution is 5.85. The SMILES string of the molecule is C=C[C@H](N)c1cccc(Oc2ccccc2)c1.Cl. The maximum absolute atomic E-state index is 5.88. The topological polar surface area (TPSA) is 35.2 Å². The third-order valence-electron chi connectivity index (χ3n) is 2.48. The average molecular weight is 262 g/mol. The lowest BCUT2D eigenvalue weighted by atomic mass is 10.1. The summed E-state index contributed by atoms with van der Waals surface area (Å²) in [5.74, 6) is 1.60. The molecule has 0 aliphatic heterocycles. The van der Waals surface area contributed by atoms with E-state index in [1.165, 1.54) is 0 Å². The van der Waals surface area contributed by atoms with E-state index in [9.17, 15) is 0 Å². The van der Waals surface area contributed by atoms with E-state index in [0.717, 1.165) is 17.1 Å². The smallest absolute Gasteiger partial charge is 0.127 e. The van der Waals surface area contributed by atoms with Crippen LogP contribution in [0.4, 0.5) is 0 Å². The van der Waals surface area contributed by atoms with E-state index in [1.807, 2.05) is 54.6 Å². The van der Waals surface area contributed by atoms with Crippen molar-refractivity contribution in [3.05, 3.63) is 72.8 Å². The van der Waals surface area contributed by atoms with Crippen molar-refractivity contribution in [2.75, 3.05) is 0 Å². The van der Waals surface area contributed by atoms with Crippen LogP contribution >= 0.6 is 12.4 Å². The predicted octanol–water partition coefficient (Wildman–Crippen LogP) is 4.09. The van der Waals surface area contributed by atoms with Gasteiger partial charge in [0.1, 0.15) is 11.5 Å². The highest BCUT2D eigenvalue weighted by Crippen LogP contribution is 2.23. The van der Waals surface area contributed by atoms with Crippen LogP contribution in [0.15, 0.2) is 67.3 Å². The van der Waals surface area contributed by atoms with Gasteiger partial charge in [0.05, 0.1) is 0 Å². The van der Waals surface area contributed by atoms with E-state index < -0.39 is 0 Å². The van der Waals surface area contributed by atoms with Crippen LogP contribution in [-0.4, -0.2) is 0 Å². The molecule has 2 aromatic rings. The molecular weight excluding hydrogens is 246 g/mol. The minimum Gasteiger partial charge on any atom is -0.457 e. The molecule has 0 bridgehead atoms. The molecule has 0 aromatic heterocycles. The number of hydrogen-bond donors (Lipinski definition) is 1. The molecule has 0 fully saturated rings.